The number of allylic oxidation sites excluding steroid dienone is 6. The van der Waals surface area contributed by atoms with Gasteiger partial charge in [0.2, 0.25) is 0 Å². The molecule has 1 amide bonds. The molecule has 0 unspecified atom stereocenters. The Morgan fingerprint density at radius 2 is 2.00 bits per heavy atom. The van der Waals surface area contributed by atoms with Crippen molar-refractivity contribution >= 4 is 12.1 Å². The first kappa shape index (κ1) is 29.9. The molecule has 8 heteroatoms. The first-order valence-electron chi connectivity index (χ1n) is 15.1. The van der Waals surface area contributed by atoms with Crippen molar-refractivity contribution in [3.8, 4) is 0 Å². The van der Waals surface area contributed by atoms with E-state index < -0.39 is 0 Å². The van der Waals surface area contributed by atoms with Gasteiger partial charge in [-0.15, -0.1) is 0 Å². The molecule has 1 aromatic carbocycles. The monoisotopic (exact) mass is 571 g/mol. The van der Waals surface area contributed by atoms with Crippen LogP contribution in [-0.4, -0.2) is 62.0 Å². The third-order valence-corrected chi connectivity index (χ3v) is 9.20. The molecule has 224 valence electrons. The molecule has 3 heterocycles. The summed E-state index contributed by atoms with van der Waals surface area (Å²) in [7, 11) is 0. The van der Waals surface area contributed by atoms with Gasteiger partial charge in [0.1, 0.15) is 11.6 Å². The Bertz CT molecular complexity index is 1320. The predicted octanol–water partition coefficient (Wildman–Crippen LogP) is 4.73. The van der Waals surface area contributed by atoms with Crippen molar-refractivity contribution in [3.63, 3.8) is 0 Å². The summed E-state index contributed by atoms with van der Waals surface area (Å²) in [5.74, 6) is 1.11. The average Bonchev–Trinajstić information content (AvgIpc) is 3.41. The third-order valence-electron chi connectivity index (χ3n) is 9.20. The number of nitrogens with two attached hydrogens (primary N) is 1. The second-order valence-corrected chi connectivity index (χ2v) is 12.1. The summed E-state index contributed by atoms with van der Waals surface area (Å²) in [6.45, 7) is 17.0. The van der Waals surface area contributed by atoms with Gasteiger partial charge in [-0.05, 0) is 87.4 Å². The number of carbonyl (C=O) groups is 1. The molecule has 4 aliphatic rings. The van der Waals surface area contributed by atoms with Crippen LogP contribution in [0.1, 0.15) is 61.9 Å². The molecule has 3 saturated heterocycles. The number of rotatable bonds is 10. The first-order chi connectivity index (χ1) is 20.3. The molecule has 3 aliphatic heterocycles. The van der Waals surface area contributed by atoms with E-state index in [-0.39, 0.29) is 17.8 Å². The summed E-state index contributed by atoms with van der Waals surface area (Å²) in [5, 5.41) is 6.84. The molecule has 0 atom stereocenters. The number of likely N-dealkylation sites (tertiary alicyclic amines) is 1. The normalized spacial score (nSPS) is 23.6. The van der Waals surface area contributed by atoms with Gasteiger partial charge >= 0.3 is 0 Å². The van der Waals surface area contributed by atoms with Gasteiger partial charge in [-0.1, -0.05) is 31.4 Å². The van der Waals surface area contributed by atoms with Gasteiger partial charge in [0.15, 0.2) is 0 Å². The molecule has 5 rings (SSSR count). The summed E-state index contributed by atoms with van der Waals surface area (Å²) in [4.78, 5) is 19.7. The number of piperidine rings is 1. The fourth-order valence-electron chi connectivity index (χ4n) is 6.55. The van der Waals surface area contributed by atoms with Gasteiger partial charge in [-0.25, -0.2) is 4.99 Å². The SMILES string of the molecule is C=CC(=C1/OCC/C1=C(/C)NCc1cccc(C(=O)NC2CC3(CCN(C4COC4)CC3)C2)c1)/C(C)=C/C=N\C(=C)N. The van der Waals surface area contributed by atoms with Gasteiger partial charge in [0, 0.05) is 47.6 Å². The maximum Gasteiger partial charge on any atom is 0.251 e. The Kier molecular flexibility index (Phi) is 9.34. The smallest absolute Gasteiger partial charge is 0.251 e. The molecule has 1 spiro atoms. The molecule has 1 aromatic rings. The van der Waals surface area contributed by atoms with E-state index in [0.29, 0.717) is 30.2 Å². The van der Waals surface area contributed by atoms with Crippen LogP contribution in [0.4, 0.5) is 0 Å². The molecule has 4 fully saturated rings. The van der Waals surface area contributed by atoms with E-state index in [1.54, 1.807) is 6.21 Å². The van der Waals surface area contributed by atoms with Gasteiger partial charge in [-0.3, -0.25) is 9.69 Å². The van der Waals surface area contributed by atoms with Gasteiger partial charge in [0.05, 0.1) is 25.9 Å². The molecule has 0 radical (unpaired) electrons. The number of ether oxygens (including phenoxy) is 2. The van der Waals surface area contributed by atoms with E-state index in [1.807, 2.05) is 37.3 Å². The molecule has 0 aromatic heterocycles. The quantitative estimate of drug-likeness (QED) is 0.351. The molecule has 4 N–H and O–H groups in total. The fraction of sp³-hybridized carbons (Fsp3) is 0.471. The summed E-state index contributed by atoms with van der Waals surface area (Å²) < 4.78 is 11.4. The van der Waals surface area contributed by atoms with E-state index in [1.165, 1.54) is 12.8 Å². The number of hydrogen-bond donors (Lipinski definition) is 3. The maximum atomic E-state index is 13.1. The molecule has 0 bridgehead atoms. The zero-order valence-corrected chi connectivity index (χ0v) is 25.1. The van der Waals surface area contributed by atoms with E-state index in [9.17, 15) is 4.79 Å². The van der Waals surface area contributed by atoms with Crippen LogP contribution in [-0.2, 0) is 16.0 Å². The number of carbonyl (C=O) groups excluding carboxylic acids is 1. The Morgan fingerprint density at radius 3 is 2.67 bits per heavy atom. The number of hydrogen-bond acceptors (Lipinski definition) is 7. The molecular weight excluding hydrogens is 526 g/mol. The van der Waals surface area contributed by atoms with Crippen LogP contribution in [0.3, 0.4) is 0 Å². The molecule has 1 aliphatic carbocycles. The minimum atomic E-state index is 0.0184. The zero-order chi connectivity index (χ0) is 29.7. The van der Waals surface area contributed by atoms with Gasteiger partial charge < -0.3 is 25.8 Å². The Balaban J connectivity index is 1.15. The number of amides is 1. The van der Waals surface area contributed by atoms with Crippen LogP contribution >= 0.6 is 0 Å². The van der Waals surface area contributed by atoms with Crippen LogP contribution < -0.4 is 16.4 Å². The van der Waals surface area contributed by atoms with Crippen LogP contribution in [0.15, 0.2) is 88.6 Å². The van der Waals surface area contributed by atoms with Crippen molar-refractivity contribution in [2.24, 2.45) is 16.1 Å². The summed E-state index contributed by atoms with van der Waals surface area (Å²) in [5.41, 5.74) is 11.8. The van der Waals surface area contributed by atoms with Crippen LogP contribution in [0.25, 0.3) is 0 Å². The van der Waals surface area contributed by atoms with Crippen molar-refractivity contribution < 1.29 is 14.3 Å². The molecule has 42 heavy (non-hydrogen) atoms. The first-order valence-corrected chi connectivity index (χ1v) is 15.1. The highest BCUT2D eigenvalue weighted by Crippen LogP contribution is 2.49. The lowest BCUT2D eigenvalue weighted by Crippen LogP contribution is -2.58. The predicted molar refractivity (Wildman–Crippen MR) is 168 cm³/mol. The molecular formula is C34H45N5O3. The van der Waals surface area contributed by atoms with E-state index in [0.717, 1.165) is 79.3 Å². The maximum absolute atomic E-state index is 13.1. The largest absolute Gasteiger partial charge is 0.492 e. The lowest BCUT2D eigenvalue weighted by atomic mass is 9.60. The summed E-state index contributed by atoms with van der Waals surface area (Å²) in [6.07, 6.45) is 10.8. The van der Waals surface area contributed by atoms with Gasteiger partial charge in [-0.2, -0.15) is 0 Å². The second-order valence-electron chi connectivity index (χ2n) is 12.1. The van der Waals surface area contributed by atoms with Crippen LogP contribution in [0.2, 0.25) is 0 Å². The van der Waals surface area contributed by atoms with Crippen molar-refractivity contribution in [1.82, 2.24) is 15.5 Å². The van der Waals surface area contributed by atoms with E-state index >= 15 is 0 Å². The minimum absolute atomic E-state index is 0.0184. The minimum Gasteiger partial charge on any atom is -0.492 e. The Labute approximate surface area is 250 Å². The lowest BCUT2D eigenvalue weighted by molar-refractivity contribution is -0.0932. The number of aliphatic imine (C=N–C) groups is 1. The number of nitrogens with one attached hydrogen (secondary N) is 2. The highest BCUT2D eigenvalue weighted by atomic mass is 16.5. The lowest BCUT2D eigenvalue weighted by Gasteiger charge is -2.54. The van der Waals surface area contributed by atoms with Gasteiger partial charge in [0.25, 0.3) is 5.91 Å². The van der Waals surface area contributed by atoms with Crippen LogP contribution in [0.5, 0.6) is 0 Å². The topological polar surface area (TPSA) is 101 Å². The number of benzene rings is 1. The van der Waals surface area contributed by atoms with E-state index in [2.05, 4.69) is 46.7 Å². The van der Waals surface area contributed by atoms with Crippen molar-refractivity contribution in [2.75, 3.05) is 32.9 Å². The number of nitrogens with zero attached hydrogens (tertiary/aromatic N) is 2. The average molecular weight is 572 g/mol. The zero-order valence-electron chi connectivity index (χ0n) is 25.1. The van der Waals surface area contributed by atoms with Crippen LogP contribution in [0, 0.1) is 5.41 Å². The summed E-state index contributed by atoms with van der Waals surface area (Å²) in [6, 6.07) is 8.80. The Morgan fingerprint density at radius 1 is 1.24 bits per heavy atom. The van der Waals surface area contributed by atoms with E-state index in [4.69, 9.17) is 15.2 Å². The van der Waals surface area contributed by atoms with Crippen molar-refractivity contribution in [1.29, 1.82) is 0 Å². The fourth-order valence-corrected chi connectivity index (χ4v) is 6.55. The highest BCUT2D eigenvalue weighted by molar-refractivity contribution is 5.94. The van der Waals surface area contributed by atoms with Crippen molar-refractivity contribution in [3.05, 3.63) is 94.7 Å². The third kappa shape index (κ3) is 6.88. The molecule has 1 saturated carbocycles. The Hall–Kier alpha value is -3.62. The van der Waals surface area contributed by atoms with Crippen molar-refractivity contribution in [2.45, 2.75) is 64.6 Å². The second kappa shape index (κ2) is 13.1. The molecule has 8 nitrogen and oxygen atoms in total. The highest BCUT2D eigenvalue weighted by Gasteiger charge is 2.47. The summed E-state index contributed by atoms with van der Waals surface area (Å²) >= 11 is 0. The standard InChI is InChI=1S/C34H45N5O3/c1-5-30(23(2)9-13-36-25(4)35)32-31(10-16-42-32)24(3)37-20-26-7-6-8-27(17-26)33(40)38-28-18-34(19-28)11-14-39(15-12-34)29-21-41-22-29/h5-9,13,17,28-29,37H,1,4,10-12,14-16,18-22,35H2,2-3H3,(H,38,40)/b23-9+,31-24+,32-30-,36-13-.